The third kappa shape index (κ3) is 5.64. The van der Waals surface area contributed by atoms with Crippen molar-refractivity contribution in [2.75, 3.05) is 5.75 Å². The fourth-order valence-corrected chi connectivity index (χ4v) is 2.46. The summed E-state index contributed by atoms with van der Waals surface area (Å²) < 4.78 is 37.2. The zero-order valence-electron chi connectivity index (χ0n) is 9.08. The van der Waals surface area contributed by atoms with Gasteiger partial charge in [0.1, 0.15) is 0 Å². The monoisotopic (exact) mass is 298 g/mol. The van der Waals surface area contributed by atoms with Gasteiger partial charge < -0.3 is 5.11 Å². The molecule has 1 N–H and O–H groups in total. The zero-order valence-corrected chi connectivity index (χ0v) is 10.6. The number of carboxylic acids is 1. The number of halogens is 4. The minimum Gasteiger partial charge on any atom is -0.481 e. The van der Waals surface area contributed by atoms with Gasteiger partial charge in [0.05, 0.1) is 12.2 Å². The first kappa shape index (κ1) is 15.2. The van der Waals surface area contributed by atoms with Crippen molar-refractivity contribution in [2.45, 2.75) is 17.8 Å². The van der Waals surface area contributed by atoms with E-state index in [1.807, 2.05) is 0 Å². The normalized spacial score (nSPS) is 13.3. The summed E-state index contributed by atoms with van der Waals surface area (Å²) in [5.41, 5.74) is 0.419. The highest BCUT2D eigenvalue weighted by Gasteiger charge is 2.33. The van der Waals surface area contributed by atoms with Gasteiger partial charge in [0.2, 0.25) is 0 Å². The Labute approximate surface area is 111 Å². The van der Waals surface area contributed by atoms with E-state index in [2.05, 4.69) is 0 Å². The van der Waals surface area contributed by atoms with Crippen molar-refractivity contribution in [1.82, 2.24) is 0 Å². The first-order chi connectivity index (χ1) is 8.28. The minimum atomic E-state index is -4.34. The van der Waals surface area contributed by atoms with Gasteiger partial charge in [-0.15, -0.1) is 11.8 Å². The lowest BCUT2D eigenvalue weighted by Gasteiger charge is -2.18. The molecule has 0 amide bonds. The van der Waals surface area contributed by atoms with Gasteiger partial charge in [-0.2, -0.15) is 13.2 Å². The number of alkyl halides is 3. The Hall–Kier alpha value is -0.880. The predicted octanol–water partition coefficient (Wildman–Crippen LogP) is 4.15. The Bertz CT molecular complexity index is 406. The van der Waals surface area contributed by atoms with Crippen LogP contribution in [0.25, 0.3) is 0 Å². The lowest BCUT2D eigenvalue weighted by atomic mass is 10.1. The van der Waals surface area contributed by atoms with E-state index < -0.39 is 23.8 Å². The van der Waals surface area contributed by atoms with Crippen LogP contribution in [0.5, 0.6) is 0 Å². The molecule has 100 valence electrons. The minimum absolute atomic E-state index is 0.372. The van der Waals surface area contributed by atoms with Crippen molar-refractivity contribution in [3.63, 3.8) is 0 Å². The van der Waals surface area contributed by atoms with Crippen molar-refractivity contribution >= 4 is 29.3 Å². The third-order valence-corrected chi connectivity index (χ3v) is 3.57. The number of aliphatic carboxylic acids is 1. The SMILES string of the molecule is O=C(O)CSC(CC(F)(F)F)c1ccc(Cl)cc1. The lowest BCUT2D eigenvalue weighted by Crippen LogP contribution is -2.13. The van der Waals surface area contributed by atoms with Gasteiger partial charge in [0.25, 0.3) is 0 Å². The molecule has 1 unspecified atom stereocenters. The van der Waals surface area contributed by atoms with Crippen molar-refractivity contribution < 1.29 is 23.1 Å². The molecule has 0 bridgehead atoms. The summed E-state index contributed by atoms with van der Waals surface area (Å²) in [6.07, 6.45) is -5.40. The van der Waals surface area contributed by atoms with Crippen LogP contribution in [0.1, 0.15) is 17.2 Å². The summed E-state index contributed by atoms with van der Waals surface area (Å²) in [4.78, 5) is 10.4. The number of thioether (sulfide) groups is 1. The summed E-state index contributed by atoms with van der Waals surface area (Å²) in [6.45, 7) is 0. The van der Waals surface area contributed by atoms with E-state index in [-0.39, 0.29) is 5.75 Å². The maximum atomic E-state index is 12.4. The predicted molar refractivity (Wildman–Crippen MR) is 65.0 cm³/mol. The number of carboxylic acid groups (broad SMARTS) is 1. The Kier molecular flexibility index (Phi) is 5.34. The summed E-state index contributed by atoms with van der Waals surface area (Å²) in [5, 5.41) is 8.02. The van der Waals surface area contributed by atoms with Gasteiger partial charge in [-0.1, -0.05) is 23.7 Å². The Morgan fingerprint density at radius 1 is 1.33 bits per heavy atom. The number of hydrogen-bond acceptors (Lipinski definition) is 2. The van der Waals surface area contributed by atoms with E-state index in [0.29, 0.717) is 10.6 Å². The Balaban J connectivity index is 2.82. The van der Waals surface area contributed by atoms with Gasteiger partial charge >= 0.3 is 12.1 Å². The molecule has 0 fully saturated rings. The maximum absolute atomic E-state index is 12.4. The fraction of sp³-hybridized carbons (Fsp3) is 0.364. The van der Waals surface area contributed by atoms with Gasteiger partial charge in [0.15, 0.2) is 0 Å². The Morgan fingerprint density at radius 2 is 1.89 bits per heavy atom. The first-order valence-electron chi connectivity index (χ1n) is 4.93. The van der Waals surface area contributed by atoms with Crippen LogP contribution in [-0.4, -0.2) is 23.0 Å². The molecule has 1 aromatic carbocycles. The van der Waals surface area contributed by atoms with Crippen molar-refractivity contribution in [3.8, 4) is 0 Å². The van der Waals surface area contributed by atoms with Crippen molar-refractivity contribution in [2.24, 2.45) is 0 Å². The molecule has 0 aromatic heterocycles. The molecule has 2 nitrogen and oxygen atoms in total. The number of hydrogen-bond donors (Lipinski definition) is 1. The van der Waals surface area contributed by atoms with Crippen LogP contribution >= 0.6 is 23.4 Å². The summed E-state index contributed by atoms with van der Waals surface area (Å²) in [5.74, 6) is -1.51. The molecular weight excluding hydrogens is 289 g/mol. The van der Waals surface area contributed by atoms with Gasteiger partial charge in [-0.3, -0.25) is 4.79 Å². The first-order valence-corrected chi connectivity index (χ1v) is 6.36. The van der Waals surface area contributed by atoms with E-state index >= 15 is 0 Å². The average molecular weight is 299 g/mol. The average Bonchev–Trinajstić information content (AvgIpc) is 2.23. The number of benzene rings is 1. The zero-order chi connectivity index (χ0) is 13.8. The molecule has 1 atom stereocenters. The molecule has 0 radical (unpaired) electrons. The van der Waals surface area contributed by atoms with E-state index in [4.69, 9.17) is 16.7 Å². The topological polar surface area (TPSA) is 37.3 Å². The second-order valence-corrected chi connectivity index (χ2v) is 5.19. The van der Waals surface area contributed by atoms with Crippen LogP contribution in [0.15, 0.2) is 24.3 Å². The summed E-state index contributed by atoms with van der Waals surface area (Å²) >= 11 is 6.41. The van der Waals surface area contributed by atoms with E-state index in [1.165, 1.54) is 24.3 Å². The van der Waals surface area contributed by atoms with E-state index in [0.717, 1.165) is 11.8 Å². The molecule has 7 heteroatoms. The smallest absolute Gasteiger partial charge is 0.390 e. The molecule has 0 aliphatic carbocycles. The standard InChI is InChI=1S/C11H10ClF3O2S/c12-8-3-1-7(2-4-8)9(5-11(13,14)15)18-6-10(16)17/h1-4,9H,5-6H2,(H,16,17). The van der Waals surface area contributed by atoms with Gasteiger partial charge in [0, 0.05) is 10.3 Å². The van der Waals surface area contributed by atoms with Crippen molar-refractivity contribution in [3.05, 3.63) is 34.9 Å². The molecule has 0 saturated heterocycles. The summed E-state index contributed by atoms with van der Waals surface area (Å²) in [6, 6.07) is 5.93. The third-order valence-electron chi connectivity index (χ3n) is 2.07. The van der Waals surface area contributed by atoms with Crippen molar-refractivity contribution in [1.29, 1.82) is 0 Å². The molecule has 0 aliphatic heterocycles. The molecular formula is C11H10ClF3O2S. The molecule has 0 spiro atoms. The fourth-order valence-electron chi connectivity index (χ4n) is 1.33. The van der Waals surface area contributed by atoms with E-state index in [9.17, 15) is 18.0 Å². The highest BCUT2D eigenvalue weighted by molar-refractivity contribution is 8.00. The van der Waals surface area contributed by atoms with Gasteiger partial charge in [-0.05, 0) is 17.7 Å². The molecule has 0 aliphatic rings. The largest absolute Gasteiger partial charge is 0.481 e. The number of carbonyl (C=O) groups is 1. The van der Waals surface area contributed by atoms with Crippen LogP contribution in [0.2, 0.25) is 5.02 Å². The molecule has 18 heavy (non-hydrogen) atoms. The second-order valence-electron chi connectivity index (χ2n) is 3.56. The summed E-state index contributed by atoms with van der Waals surface area (Å²) in [7, 11) is 0. The van der Waals surface area contributed by atoms with Crippen LogP contribution < -0.4 is 0 Å². The van der Waals surface area contributed by atoms with E-state index in [1.54, 1.807) is 0 Å². The highest BCUT2D eigenvalue weighted by atomic mass is 35.5. The quantitative estimate of drug-likeness (QED) is 0.887. The molecule has 1 rings (SSSR count). The second kappa shape index (κ2) is 6.33. The van der Waals surface area contributed by atoms with Crippen LogP contribution in [-0.2, 0) is 4.79 Å². The van der Waals surface area contributed by atoms with Gasteiger partial charge in [-0.25, -0.2) is 0 Å². The lowest BCUT2D eigenvalue weighted by molar-refractivity contribution is -0.136. The molecule has 1 aromatic rings. The Morgan fingerprint density at radius 3 is 2.33 bits per heavy atom. The van der Waals surface area contributed by atoms with Crippen LogP contribution in [0, 0.1) is 0 Å². The highest BCUT2D eigenvalue weighted by Crippen LogP contribution is 2.39. The van der Waals surface area contributed by atoms with Crippen LogP contribution in [0.4, 0.5) is 13.2 Å². The maximum Gasteiger partial charge on any atom is 0.390 e. The molecule has 0 saturated carbocycles. The number of rotatable bonds is 5. The van der Waals surface area contributed by atoms with Crippen LogP contribution in [0.3, 0.4) is 0 Å². The molecule has 0 heterocycles.